The second-order valence-electron chi connectivity index (χ2n) is 2.24. The van der Waals surface area contributed by atoms with Crippen LogP contribution in [-0.2, 0) is 0 Å². The summed E-state index contributed by atoms with van der Waals surface area (Å²) in [4.78, 5) is 25.4. The zero-order valence-corrected chi connectivity index (χ0v) is 6.96. The van der Waals surface area contributed by atoms with Gasteiger partial charge < -0.3 is 5.11 Å². The molecular weight excluding hydrogens is 194 g/mol. The molecule has 2 heterocycles. The molecule has 0 aliphatic carbocycles. The van der Waals surface area contributed by atoms with Crippen molar-refractivity contribution in [2.75, 3.05) is 0 Å². The van der Waals surface area contributed by atoms with E-state index in [-0.39, 0.29) is 15.9 Å². The molecule has 0 unspecified atom stereocenters. The molecule has 2 rings (SSSR count). The molecule has 0 aliphatic heterocycles. The number of carbonyl (C=O) groups is 1. The van der Waals surface area contributed by atoms with Gasteiger partial charge in [0.1, 0.15) is 10.2 Å². The first-order valence-corrected chi connectivity index (χ1v) is 4.13. The van der Waals surface area contributed by atoms with Crippen molar-refractivity contribution in [3.63, 3.8) is 0 Å². The molecule has 0 radical (unpaired) electrons. The molecule has 0 spiro atoms. The average molecular weight is 197 g/mol. The molecule has 0 aliphatic rings. The molecule has 0 fully saturated rings. The maximum absolute atomic E-state index is 11.1. The predicted octanol–water partition coefficient (Wildman–Crippen LogP) is 0.0778. The van der Waals surface area contributed by atoms with Crippen molar-refractivity contribution < 1.29 is 9.90 Å². The average Bonchev–Trinajstić information content (AvgIpc) is 2.53. The second kappa shape index (κ2) is 2.63. The number of thiazole rings is 1. The third-order valence-electron chi connectivity index (χ3n) is 1.47. The van der Waals surface area contributed by atoms with Crippen molar-refractivity contribution >= 4 is 27.5 Å². The van der Waals surface area contributed by atoms with E-state index in [2.05, 4.69) is 15.2 Å². The number of aromatic amines is 1. The van der Waals surface area contributed by atoms with Gasteiger partial charge in [-0.05, 0) is 0 Å². The zero-order chi connectivity index (χ0) is 9.42. The van der Waals surface area contributed by atoms with E-state index < -0.39 is 11.5 Å². The van der Waals surface area contributed by atoms with Gasteiger partial charge >= 0.3 is 5.97 Å². The lowest BCUT2D eigenvalue weighted by molar-refractivity contribution is 0.0691. The van der Waals surface area contributed by atoms with Crippen LogP contribution in [0.4, 0.5) is 0 Å². The first kappa shape index (κ1) is 7.87. The maximum Gasteiger partial charge on any atom is 0.358 e. The van der Waals surface area contributed by atoms with Crippen LogP contribution in [0.25, 0.3) is 10.2 Å². The number of carboxylic acid groups (broad SMARTS) is 1. The van der Waals surface area contributed by atoms with E-state index in [9.17, 15) is 9.59 Å². The molecule has 2 N–H and O–H groups in total. The monoisotopic (exact) mass is 197 g/mol. The van der Waals surface area contributed by atoms with Gasteiger partial charge in [0, 0.05) is 0 Å². The van der Waals surface area contributed by atoms with Crippen LogP contribution in [0.3, 0.4) is 0 Å². The standard InChI is InChI=1S/C6H3N3O3S/c10-5-4-2(7-1-13-4)3(6(11)12)8-9-5/h1H,(H,9,10)(H,11,12). The van der Waals surface area contributed by atoms with Crippen LogP contribution >= 0.6 is 11.3 Å². The van der Waals surface area contributed by atoms with E-state index in [0.29, 0.717) is 0 Å². The molecule has 0 aromatic carbocycles. The molecule has 0 amide bonds. The summed E-state index contributed by atoms with van der Waals surface area (Å²) < 4.78 is 0.285. The van der Waals surface area contributed by atoms with E-state index >= 15 is 0 Å². The number of aromatic nitrogens is 3. The second-order valence-corrected chi connectivity index (χ2v) is 3.09. The van der Waals surface area contributed by atoms with Crippen LogP contribution in [-0.4, -0.2) is 26.3 Å². The first-order valence-electron chi connectivity index (χ1n) is 3.25. The van der Waals surface area contributed by atoms with Crippen LogP contribution in [0.2, 0.25) is 0 Å². The molecule has 66 valence electrons. The van der Waals surface area contributed by atoms with E-state index in [1.54, 1.807) is 0 Å². The van der Waals surface area contributed by atoms with E-state index in [1.807, 2.05) is 0 Å². The van der Waals surface area contributed by atoms with E-state index in [1.165, 1.54) is 5.51 Å². The Morgan fingerprint density at radius 1 is 1.62 bits per heavy atom. The number of H-pyrrole nitrogens is 1. The Kier molecular flexibility index (Phi) is 1.59. The number of nitrogens with one attached hydrogen (secondary N) is 1. The Balaban J connectivity index is 2.94. The van der Waals surface area contributed by atoms with Crippen LogP contribution in [0.5, 0.6) is 0 Å². The fourth-order valence-electron chi connectivity index (χ4n) is 0.935. The number of carboxylic acids is 1. The summed E-state index contributed by atoms with van der Waals surface area (Å²) in [6.45, 7) is 0. The minimum absolute atomic E-state index is 0.140. The van der Waals surface area contributed by atoms with Gasteiger partial charge in [-0.1, -0.05) is 0 Å². The number of hydrogen-bond donors (Lipinski definition) is 2. The molecular formula is C6H3N3O3S. The van der Waals surface area contributed by atoms with Gasteiger partial charge in [-0.25, -0.2) is 14.9 Å². The molecule has 2 aromatic heterocycles. The van der Waals surface area contributed by atoms with Crippen LogP contribution in [0, 0.1) is 0 Å². The lowest BCUT2D eigenvalue weighted by Crippen LogP contribution is -2.12. The summed E-state index contributed by atoms with van der Waals surface area (Å²) in [5.74, 6) is -1.20. The lowest BCUT2D eigenvalue weighted by atomic mass is 10.3. The summed E-state index contributed by atoms with van der Waals surface area (Å²) in [7, 11) is 0. The third kappa shape index (κ3) is 1.09. The van der Waals surface area contributed by atoms with E-state index in [4.69, 9.17) is 5.11 Å². The number of hydrogen-bond acceptors (Lipinski definition) is 5. The van der Waals surface area contributed by atoms with Crippen molar-refractivity contribution in [2.24, 2.45) is 0 Å². The Morgan fingerprint density at radius 3 is 3.08 bits per heavy atom. The van der Waals surface area contributed by atoms with Crippen molar-refractivity contribution in [2.45, 2.75) is 0 Å². The summed E-state index contributed by atoms with van der Waals surface area (Å²) in [5.41, 5.74) is 0.910. The fourth-order valence-corrected chi connectivity index (χ4v) is 1.61. The van der Waals surface area contributed by atoms with Crippen molar-refractivity contribution in [1.82, 2.24) is 15.2 Å². The Bertz CT molecular complexity index is 529. The summed E-state index contributed by atoms with van der Waals surface area (Å²) in [6.07, 6.45) is 0. The predicted molar refractivity (Wildman–Crippen MR) is 45.0 cm³/mol. The smallest absolute Gasteiger partial charge is 0.358 e. The number of aromatic carboxylic acids is 1. The summed E-state index contributed by atoms with van der Waals surface area (Å²) in [6, 6.07) is 0. The summed E-state index contributed by atoms with van der Waals surface area (Å²) >= 11 is 1.09. The van der Waals surface area contributed by atoms with Gasteiger partial charge in [0.15, 0.2) is 5.69 Å². The number of fused-ring (bicyclic) bond motifs is 1. The highest BCUT2D eigenvalue weighted by atomic mass is 32.1. The Morgan fingerprint density at radius 2 is 2.38 bits per heavy atom. The van der Waals surface area contributed by atoms with Crippen LogP contribution in [0.15, 0.2) is 10.3 Å². The van der Waals surface area contributed by atoms with E-state index in [0.717, 1.165) is 11.3 Å². The van der Waals surface area contributed by atoms with Gasteiger partial charge in [-0.3, -0.25) is 4.79 Å². The highest BCUT2D eigenvalue weighted by Crippen LogP contribution is 2.14. The minimum atomic E-state index is -1.20. The van der Waals surface area contributed by atoms with Crippen molar-refractivity contribution in [1.29, 1.82) is 0 Å². The third-order valence-corrected chi connectivity index (χ3v) is 2.30. The van der Waals surface area contributed by atoms with Gasteiger partial charge in [-0.15, -0.1) is 11.3 Å². The molecule has 2 aromatic rings. The molecule has 7 heteroatoms. The largest absolute Gasteiger partial charge is 0.476 e. The topological polar surface area (TPSA) is 95.9 Å². The Hall–Kier alpha value is -1.76. The molecule has 0 atom stereocenters. The van der Waals surface area contributed by atoms with Gasteiger partial charge in [-0.2, -0.15) is 5.10 Å². The number of nitrogens with zero attached hydrogens (tertiary/aromatic N) is 2. The minimum Gasteiger partial charge on any atom is -0.476 e. The molecule has 0 bridgehead atoms. The molecule has 0 saturated heterocycles. The summed E-state index contributed by atoms with van der Waals surface area (Å²) in [5, 5.41) is 14.2. The number of rotatable bonds is 1. The van der Waals surface area contributed by atoms with Crippen LogP contribution < -0.4 is 5.56 Å². The molecule has 13 heavy (non-hydrogen) atoms. The molecule has 0 saturated carbocycles. The highest BCUT2D eigenvalue weighted by Gasteiger charge is 2.14. The Labute approximate surface area is 74.9 Å². The highest BCUT2D eigenvalue weighted by molar-refractivity contribution is 7.16. The quantitative estimate of drug-likeness (QED) is 0.674. The van der Waals surface area contributed by atoms with Gasteiger partial charge in [0.25, 0.3) is 5.56 Å². The molecule has 6 nitrogen and oxygen atoms in total. The first-order chi connectivity index (χ1) is 6.20. The fraction of sp³-hybridized carbons (Fsp3) is 0. The maximum atomic E-state index is 11.1. The van der Waals surface area contributed by atoms with Gasteiger partial charge in [0.2, 0.25) is 0 Å². The lowest BCUT2D eigenvalue weighted by Gasteiger charge is -1.91. The van der Waals surface area contributed by atoms with Crippen molar-refractivity contribution in [3.8, 4) is 0 Å². The SMILES string of the molecule is O=C(O)c1n[nH]c(=O)c2scnc12. The van der Waals surface area contributed by atoms with Gasteiger partial charge in [0.05, 0.1) is 5.51 Å². The zero-order valence-electron chi connectivity index (χ0n) is 6.14. The van der Waals surface area contributed by atoms with Crippen molar-refractivity contribution in [3.05, 3.63) is 21.6 Å². The normalized spacial score (nSPS) is 10.5. The van der Waals surface area contributed by atoms with Crippen LogP contribution in [0.1, 0.15) is 10.5 Å².